The predicted molar refractivity (Wildman–Crippen MR) is 95.5 cm³/mol. The molecule has 1 heterocycles. The molecule has 130 valence electrons. The normalized spacial score (nSPS) is 16.7. The molecule has 0 radical (unpaired) electrons. The molecular weight excluding hydrogens is 333 g/mol. The molecule has 0 spiro atoms. The van der Waals surface area contributed by atoms with Crippen molar-refractivity contribution in [2.75, 3.05) is 11.4 Å². The highest BCUT2D eigenvalue weighted by atomic mass is 19.1. The zero-order valence-corrected chi connectivity index (χ0v) is 13.9. The summed E-state index contributed by atoms with van der Waals surface area (Å²) in [6.45, 7) is 0.346. The molecule has 2 amide bonds. The quantitative estimate of drug-likeness (QED) is 0.863. The van der Waals surface area contributed by atoms with Crippen molar-refractivity contribution < 1.29 is 14.0 Å². The summed E-state index contributed by atoms with van der Waals surface area (Å²) in [5.74, 6) is -1.21. The third-order valence-corrected chi connectivity index (χ3v) is 4.11. The van der Waals surface area contributed by atoms with Gasteiger partial charge in [0.25, 0.3) is 0 Å². The first-order valence-electron chi connectivity index (χ1n) is 8.13. The second kappa shape index (κ2) is 7.62. The first-order valence-corrected chi connectivity index (χ1v) is 8.13. The summed E-state index contributed by atoms with van der Waals surface area (Å²) in [7, 11) is 0. The van der Waals surface area contributed by atoms with Gasteiger partial charge in [-0.05, 0) is 42.3 Å². The van der Waals surface area contributed by atoms with Crippen LogP contribution in [-0.4, -0.2) is 24.4 Å². The smallest absolute Gasteiger partial charge is 0.249 e. The van der Waals surface area contributed by atoms with E-state index in [2.05, 4.69) is 5.32 Å². The van der Waals surface area contributed by atoms with E-state index in [1.54, 1.807) is 48.5 Å². The van der Waals surface area contributed by atoms with Crippen LogP contribution in [0.1, 0.15) is 17.5 Å². The average Bonchev–Trinajstić information content (AvgIpc) is 3.01. The molecule has 0 bridgehead atoms. The fourth-order valence-corrected chi connectivity index (χ4v) is 2.83. The van der Waals surface area contributed by atoms with Crippen LogP contribution in [0.3, 0.4) is 0 Å². The van der Waals surface area contributed by atoms with Crippen molar-refractivity contribution in [2.24, 2.45) is 0 Å². The summed E-state index contributed by atoms with van der Waals surface area (Å²) in [6.07, 6.45) is 3.30. The number of nitriles is 1. The van der Waals surface area contributed by atoms with Crippen LogP contribution in [0.4, 0.5) is 10.1 Å². The molecule has 3 rings (SSSR count). The highest BCUT2D eigenvalue weighted by Gasteiger charge is 2.34. The van der Waals surface area contributed by atoms with Gasteiger partial charge in [-0.3, -0.25) is 9.59 Å². The lowest BCUT2D eigenvalue weighted by molar-refractivity contribution is -0.123. The van der Waals surface area contributed by atoms with Gasteiger partial charge in [0.1, 0.15) is 11.9 Å². The number of nitrogens with zero attached hydrogens (tertiary/aromatic N) is 2. The van der Waals surface area contributed by atoms with Crippen LogP contribution in [0.15, 0.2) is 54.6 Å². The van der Waals surface area contributed by atoms with Gasteiger partial charge in [0.05, 0.1) is 17.3 Å². The average molecular weight is 349 g/mol. The largest absolute Gasteiger partial charge is 0.341 e. The highest BCUT2D eigenvalue weighted by Crippen LogP contribution is 2.24. The Labute approximate surface area is 150 Å². The fraction of sp³-hybridized carbons (Fsp3) is 0.150. The molecule has 6 heteroatoms. The van der Waals surface area contributed by atoms with Crippen molar-refractivity contribution in [3.8, 4) is 6.07 Å². The van der Waals surface area contributed by atoms with Crippen LogP contribution in [0.5, 0.6) is 0 Å². The minimum Gasteiger partial charge on any atom is -0.341 e. The number of amides is 2. The zero-order chi connectivity index (χ0) is 18.5. The van der Waals surface area contributed by atoms with E-state index in [4.69, 9.17) is 5.26 Å². The number of hydrogen-bond donors (Lipinski definition) is 1. The van der Waals surface area contributed by atoms with E-state index < -0.39 is 17.8 Å². The molecule has 1 aliphatic heterocycles. The summed E-state index contributed by atoms with van der Waals surface area (Å²) >= 11 is 0. The number of para-hydroxylation sites is 1. The molecule has 0 aliphatic carbocycles. The Balaban J connectivity index is 1.63. The number of anilines is 1. The van der Waals surface area contributed by atoms with Crippen LogP contribution in [-0.2, 0) is 9.59 Å². The lowest BCUT2D eigenvalue weighted by Crippen LogP contribution is -2.41. The van der Waals surface area contributed by atoms with Crippen LogP contribution < -0.4 is 10.2 Å². The van der Waals surface area contributed by atoms with E-state index in [0.717, 1.165) is 0 Å². The molecule has 0 unspecified atom stereocenters. The van der Waals surface area contributed by atoms with E-state index in [-0.39, 0.29) is 11.6 Å². The fourth-order valence-electron chi connectivity index (χ4n) is 2.83. The van der Waals surface area contributed by atoms with Gasteiger partial charge >= 0.3 is 0 Å². The standard InChI is InChI=1S/C20H16FN3O2/c21-16-6-1-2-7-18(16)24-11-10-17(20(24)26)23-19(25)9-8-14-4-3-5-15(12-14)13-22/h1-9,12,17H,10-11H2,(H,23,25)/b9-8+/t17-/m1/s1. The molecule has 2 aromatic rings. The van der Waals surface area contributed by atoms with E-state index in [1.165, 1.54) is 17.0 Å². The van der Waals surface area contributed by atoms with Gasteiger partial charge < -0.3 is 10.2 Å². The van der Waals surface area contributed by atoms with Crippen LogP contribution >= 0.6 is 0 Å². The van der Waals surface area contributed by atoms with Gasteiger partial charge in [-0.25, -0.2) is 4.39 Å². The maximum atomic E-state index is 13.9. The third-order valence-electron chi connectivity index (χ3n) is 4.11. The number of benzene rings is 2. The molecule has 26 heavy (non-hydrogen) atoms. The van der Waals surface area contributed by atoms with E-state index in [0.29, 0.717) is 24.1 Å². The molecule has 2 aromatic carbocycles. The van der Waals surface area contributed by atoms with Crippen LogP contribution in [0.25, 0.3) is 6.08 Å². The van der Waals surface area contributed by atoms with Crippen molar-refractivity contribution in [1.82, 2.24) is 5.32 Å². The molecule has 0 saturated carbocycles. The van der Waals surface area contributed by atoms with Crippen LogP contribution in [0.2, 0.25) is 0 Å². The van der Waals surface area contributed by atoms with Gasteiger partial charge in [-0.2, -0.15) is 5.26 Å². The first kappa shape index (κ1) is 17.4. The first-order chi connectivity index (χ1) is 12.6. The number of carbonyl (C=O) groups excluding carboxylic acids is 2. The summed E-state index contributed by atoms with van der Waals surface area (Å²) < 4.78 is 13.9. The Morgan fingerprint density at radius 2 is 2.08 bits per heavy atom. The molecule has 1 N–H and O–H groups in total. The van der Waals surface area contributed by atoms with Gasteiger partial charge in [0.2, 0.25) is 11.8 Å². The van der Waals surface area contributed by atoms with E-state index in [1.807, 2.05) is 6.07 Å². The number of nitrogens with one attached hydrogen (secondary N) is 1. The van der Waals surface area contributed by atoms with E-state index in [9.17, 15) is 14.0 Å². The number of carbonyl (C=O) groups is 2. The number of hydrogen-bond acceptors (Lipinski definition) is 3. The highest BCUT2D eigenvalue weighted by molar-refractivity contribution is 6.03. The second-order valence-electron chi connectivity index (χ2n) is 5.86. The zero-order valence-electron chi connectivity index (χ0n) is 13.9. The molecule has 5 nitrogen and oxygen atoms in total. The van der Waals surface area contributed by atoms with Crippen molar-refractivity contribution in [2.45, 2.75) is 12.5 Å². The Hall–Kier alpha value is -3.46. The Morgan fingerprint density at radius 1 is 1.27 bits per heavy atom. The predicted octanol–water partition coefficient (Wildman–Crippen LogP) is 2.63. The monoisotopic (exact) mass is 349 g/mol. The van der Waals surface area contributed by atoms with E-state index >= 15 is 0 Å². The SMILES string of the molecule is N#Cc1cccc(/C=C/C(=O)N[C@@H]2CCN(c3ccccc3F)C2=O)c1. The van der Waals surface area contributed by atoms with Gasteiger partial charge in [-0.1, -0.05) is 24.3 Å². The molecule has 1 atom stereocenters. The number of rotatable bonds is 4. The molecule has 1 saturated heterocycles. The van der Waals surface area contributed by atoms with Crippen LogP contribution in [0, 0.1) is 17.1 Å². The van der Waals surface area contributed by atoms with Gasteiger partial charge in [0, 0.05) is 12.6 Å². The van der Waals surface area contributed by atoms with Crippen molar-refractivity contribution in [3.05, 3.63) is 71.6 Å². The Kier molecular flexibility index (Phi) is 5.09. The molecule has 1 aliphatic rings. The minimum absolute atomic E-state index is 0.220. The van der Waals surface area contributed by atoms with Gasteiger partial charge in [-0.15, -0.1) is 0 Å². The summed E-state index contributed by atoms with van der Waals surface area (Å²) in [5.41, 5.74) is 1.43. The summed E-state index contributed by atoms with van der Waals surface area (Å²) in [5, 5.41) is 11.5. The third kappa shape index (κ3) is 3.78. The maximum absolute atomic E-state index is 13.9. The Morgan fingerprint density at radius 3 is 2.85 bits per heavy atom. The lowest BCUT2D eigenvalue weighted by atomic mass is 10.1. The van der Waals surface area contributed by atoms with Crippen molar-refractivity contribution in [3.63, 3.8) is 0 Å². The summed E-state index contributed by atoms with van der Waals surface area (Å²) in [4.78, 5) is 25.9. The lowest BCUT2D eigenvalue weighted by Gasteiger charge is -2.17. The minimum atomic E-state index is -0.683. The second-order valence-corrected chi connectivity index (χ2v) is 5.86. The van der Waals surface area contributed by atoms with Crippen molar-refractivity contribution >= 4 is 23.6 Å². The molecular formula is C20H16FN3O2. The van der Waals surface area contributed by atoms with Gasteiger partial charge in [0.15, 0.2) is 0 Å². The van der Waals surface area contributed by atoms with Crippen molar-refractivity contribution in [1.29, 1.82) is 5.26 Å². The number of halogens is 1. The summed E-state index contributed by atoms with van der Waals surface area (Å²) in [6, 6.07) is 14.2. The topological polar surface area (TPSA) is 73.2 Å². The molecule has 0 aromatic heterocycles. The molecule has 1 fully saturated rings. The maximum Gasteiger partial charge on any atom is 0.249 e. The Bertz CT molecular complexity index is 917.